The number of allylic oxidation sites excluding steroid dienone is 2. The molecule has 29 heavy (non-hydrogen) atoms. The number of rotatable bonds is 10. The van der Waals surface area contributed by atoms with Gasteiger partial charge < -0.3 is 0 Å². The summed E-state index contributed by atoms with van der Waals surface area (Å²) in [6.45, 7) is 14.7. The topological polar surface area (TPSA) is 3.24 Å². The van der Waals surface area contributed by atoms with Gasteiger partial charge in [-0.15, -0.1) is 6.58 Å². The molecule has 0 aliphatic heterocycles. The fourth-order valence-corrected chi connectivity index (χ4v) is 4.62. The summed E-state index contributed by atoms with van der Waals surface area (Å²) in [6.07, 6.45) is 10.5. The average Bonchev–Trinajstić information content (AvgIpc) is 2.73. The zero-order valence-corrected chi connectivity index (χ0v) is 18.4. The Balaban J connectivity index is 1.79. The highest BCUT2D eigenvalue weighted by Crippen LogP contribution is 2.36. The predicted molar refractivity (Wildman–Crippen MR) is 127 cm³/mol. The van der Waals surface area contributed by atoms with Crippen molar-refractivity contribution >= 4 is 5.57 Å². The summed E-state index contributed by atoms with van der Waals surface area (Å²) < 4.78 is 0. The molecule has 0 aromatic heterocycles. The van der Waals surface area contributed by atoms with Crippen LogP contribution in [0.3, 0.4) is 0 Å². The second kappa shape index (κ2) is 10.6. The fraction of sp³-hybridized carbons (Fsp3) is 0.429. The summed E-state index contributed by atoms with van der Waals surface area (Å²) in [5.41, 5.74) is 8.44. The van der Waals surface area contributed by atoms with E-state index in [1.54, 1.807) is 5.56 Å². The van der Waals surface area contributed by atoms with Crippen molar-refractivity contribution in [2.45, 2.75) is 64.8 Å². The van der Waals surface area contributed by atoms with Crippen molar-refractivity contribution in [1.29, 1.82) is 0 Å². The first kappa shape index (κ1) is 21.6. The van der Waals surface area contributed by atoms with Crippen molar-refractivity contribution in [3.63, 3.8) is 0 Å². The molecule has 1 nitrogen and oxygen atoms in total. The first-order valence-electron chi connectivity index (χ1n) is 11.3. The largest absolute Gasteiger partial charge is 0.296 e. The first-order chi connectivity index (χ1) is 14.1. The molecule has 0 radical (unpaired) electrons. The summed E-state index contributed by atoms with van der Waals surface area (Å²) in [5.74, 6) is 0. The zero-order chi connectivity index (χ0) is 20.6. The van der Waals surface area contributed by atoms with Crippen LogP contribution in [0.4, 0.5) is 0 Å². The van der Waals surface area contributed by atoms with Crippen molar-refractivity contribution in [3.05, 3.63) is 89.5 Å². The van der Waals surface area contributed by atoms with Gasteiger partial charge in [0.05, 0.1) is 0 Å². The van der Waals surface area contributed by atoms with Gasteiger partial charge in [0.1, 0.15) is 0 Å². The Kier molecular flexibility index (Phi) is 7.89. The van der Waals surface area contributed by atoms with Crippen LogP contribution in [0.2, 0.25) is 0 Å². The summed E-state index contributed by atoms with van der Waals surface area (Å²) >= 11 is 0. The van der Waals surface area contributed by atoms with Gasteiger partial charge in [0.15, 0.2) is 0 Å². The van der Waals surface area contributed by atoms with E-state index in [2.05, 4.69) is 74.4 Å². The van der Waals surface area contributed by atoms with Gasteiger partial charge in [0, 0.05) is 12.6 Å². The minimum Gasteiger partial charge on any atom is -0.296 e. The molecule has 2 aromatic carbocycles. The molecule has 1 aliphatic rings. The quantitative estimate of drug-likeness (QED) is 0.305. The molecule has 0 spiro atoms. The molecule has 154 valence electrons. The SMILES string of the molecule is C=CCCCCN(CCc1ccccc1C)[C@H]1CCCc2cc(C(=C)C)ccc21. The molecule has 0 N–H and O–H groups in total. The number of hydrogen-bond acceptors (Lipinski definition) is 1. The Bertz CT molecular complexity index is 832. The van der Waals surface area contributed by atoms with Crippen molar-refractivity contribution in [3.8, 4) is 0 Å². The lowest BCUT2D eigenvalue weighted by Crippen LogP contribution is -2.34. The van der Waals surface area contributed by atoms with E-state index in [0.717, 1.165) is 25.0 Å². The third kappa shape index (κ3) is 5.70. The molecule has 0 fully saturated rings. The fourth-order valence-electron chi connectivity index (χ4n) is 4.62. The van der Waals surface area contributed by atoms with E-state index >= 15 is 0 Å². The van der Waals surface area contributed by atoms with Crippen LogP contribution in [0.25, 0.3) is 5.57 Å². The van der Waals surface area contributed by atoms with Crippen molar-refractivity contribution in [2.24, 2.45) is 0 Å². The van der Waals surface area contributed by atoms with E-state index in [-0.39, 0.29) is 0 Å². The highest BCUT2D eigenvalue weighted by atomic mass is 15.2. The predicted octanol–water partition coefficient (Wildman–Crippen LogP) is 7.31. The Morgan fingerprint density at radius 3 is 2.72 bits per heavy atom. The average molecular weight is 388 g/mol. The molecule has 0 amide bonds. The number of nitrogens with zero attached hydrogens (tertiary/aromatic N) is 1. The Hall–Kier alpha value is -2.12. The van der Waals surface area contributed by atoms with E-state index in [0.29, 0.717) is 6.04 Å². The highest BCUT2D eigenvalue weighted by molar-refractivity contribution is 5.62. The van der Waals surface area contributed by atoms with Gasteiger partial charge in [-0.3, -0.25) is 4.90 Å². The number of fused-ring (bicyclic) bond motifs is 1. The van der Waals surface area contributed by atoms with Crippen LogP contribution < -0.4 is 0 Å². The smallest absolute Gasteiger partial charge is 0.0351 e. The van der Waals surface area contributed by atoms with Crippen LogP contribution in [0, 0.1) is 6.92 Å². The molecular formula is C28H37N. The first-order valence-corrected chi connectivity index (χ1v) is 11.3. The van der Waals surface area contributed by atoms with Crippen LogP contribution in [0.5, 0.6) is 0 Å². The second-order valence-corrected chi connectivity index (χ2v) is 8.60. The van der Waals surface area contributed by atoms with Crippen LogP contribution in [-0.2, 0) is 12.8 Å². The molecule has 0 saturated heterocycles. The van der Waals surface area contributed by atoms with Crippen LogP contribution in [0.15, 0.2) is 61.7 Å². The third-order valence-corrected chi connectivity index (χ3v) is 6.39. The van der Waals surface area contributed by atoms with Gasteiger partial charge in [-0.25, -0.2) is 0 Å². The Morgan fingerprint density at radius 2 is 1.97 bits per heavy atom. The van der Waals surface area contributed by atoms with E-state index in [1.165, 1.54) is 60.9 Å². The van der Waals surface area contributed by atoms with Gasteiger partial charge >= 0.3 is 0 Å². The number of hydrogen-bond donors (Lipinski definition) is 0. The molecule has 2 aromatic rings. The molecule has 1 atom stereocenters. The van der Waals surface area contributed by atoms with Crippen LogP contribution in [0.1, 0.15) is 72.9 Å². The lowest BCUT2D eigenvalue weighted by molar-refractivity contribution is 0.177. The summed E-state index contributed by atoms with van der Waals surface area (Å²) in [7, 11) is 0. The molecule has 1 heteroatoms. The molecular weight excluding hydrogens is 350 g/mol. The standard InChI is InChI=1S/C28H37N/c1-5-6-7-10-19-29(20-18-24-13-9-8-12-23(24)4)28-15-11-14-26-21-25(22(2)3)16-17-27(26)28/h5,8-9,12-13,16-17,21,28H,1-2,6-7,10-11,14-15,18-20H2,3-4H3/t28-/m0/s1. The molecule has 0 heterocycles. The van der Waals surface area contributed by atoms with Gasteiger partial charge in [-0.1, -0.05) is 60.7 Å². The van der Waals surface area contributed by atoms with E-state index in [4.69, 9.17) is 0 Å². The van der Waals surface area contributed by atoms with Gasteiger partial charge in [0.2, 0.25) is 0 Å². The Morgan fingerprint density at radius 1 is 1.14 bits per heavy atom. The molecule has 3 rings (SSSR count). The summed E-state index contributed by atoms with van der Waals surface area (Å²) in [4.78, 5) is 2.76. The number of benzene rings is 2. The lowest BCUT2D eigenvalue weighted by Gasteiger charge is -2.36. The van der Waals surface area contributed by atoms with E-state index in [1.807, 2.05) is 6.08 Å². The van der Waals surface area contributed by atoms with E-state index < -0.39 is 0 Å². The third-order valence-electron chi connectivity index (χ3n) is 6.39. The summed E-state index contributed by atoms with van der Waals surface area (Å²) in [6, 6.07) is 16.4. The molecule has 0 bridgehead atoms. The van der Waals surface area contributed by atoms with Gasteiger partial charge in [-0.05, 0) is 93.2 Å². The van der Waals surface area contributed by atoms with Gasteiger partial charge in [0.25, 0.3) is 0 Å². The monoisotopic (exact) mass is 387 g/mol. The molecule has 0 unspecified atom stereocenters. The minimum absolute atomic E-state index is 0.547. The highest BCUT2D eigenvalue weighted by Gasteiger charge is 2.26. The van der Waals surface area contributed by atoms with Crippen LogP contribution >= 0.6 is 0 Å². The molecule has 0 saturated carbocycles. The summed E-state index contributed by atoms with van der Waals surface area (Å²) in [5, 5.41) is 0. The van der Waals surface area contributed by atoms with Crippen LogP contribution in [-0.4, -0.2) is 18.0 Å². The van der Waals surface area contributed by atoms with Crippen molar-refractivity contribution in [1.82, 2.24) is 4.90 Å². The zero-order valence-electron chi connectivity index (χ0n) is 18.4. The molecule has 1 aliphatic carbocycles. The normalized spacial score (nSPS) is 15.9. The Labute approximate surface area is 178 Å². The van der Waals surface area contributed by atoms with E-state index in [9.17, 15) is 0 Å². The maximum Gasteiger partial charge on any atom is 0.0351 e. The van der Waals surface area contributed by atoms with Gasteiger partial charge in [-0.2, -0.15) is 0 Å². The number of aryl methyl sites for hydroxylation is 2. The number of unbranched alkanes of at least 4 members (excludes halogenated alkanes) is 2. The van der Waals surface area contributed by atoms with Crippen molar-refractivity contribution in [2.75, 3.05) is 13.1 Å². The lowest BCUT2D eigenvalue weighted by atomic mass is 9.84. The van der Waals surface area contributed by atoms with Crippen molar-refractivity contribution < 1.29 is 0 Å². The maximum atomic E-state index is 4.14. The second-order valence-electron chi connectivity index (χ2n) is 8.60. The maximum absolute atomic E-state index is 4.14. The minimum atomic E-state index is 0.547.